The van der Waals surface area contributed by atoms with Crippen LogP contribution in [0.4, 0.5) is 5.82 Å². The van der Waals surface area contributed by atoms with Crippen LogP contribution < -0.4 is 15.4 Å². The molecular formula is C15H25N3O. The summed E-state index contributed by atoms with van der Waals surface area (Å²) in [5, 5.41) is 0. The molecule has 0 saturated heterocycles. The van der Waals surface area contributed by atoms with Gasteiger partial charge in [-0.1, -0.05) is 6.92 Å². The highest BCUT2D eigenvalue weighted by atomic mass is 16.5. The van der Waals surface area contributed by atoms with E-state index >= 15 is 0 Å². The molecule has 0 unspecified atom stereocenters. The molecule has 0 spiro atoms. The maximum atomic E-state index is 6.01. The van der Waals surface area contributed by atoms with Gasteiger partial charge in [-0.25, -0.2) is 4.98 Å². The maximum Gasteiger partial charge on any atom is 0.171 e. The van der Waals surface area contributed by atoms with Gasteiger partial charge in [0.05, 0.1) is 7.11 Å². The Morgan fingerprint density at radius 3 is 2.74 bits per heavy atom. The van der Waals surface area contributed by atoms with Crippen LogP contribution >= 0.6 is 0 Å². The molecule has 0 atom stereocenters. The summed E-state index contributed by atoms with van der Waals surface area (Å²) in [6.45, 7) is 3.23. The quantitative estimate of drug-likeness (QED) is 0.887. The predicted octanol–water partition coefficient (Wildman–Crippen LogP) is 2.58. The Kier molecular flexibility index (Phi) is 5.02. The van der Waals surface area contributed by atoms with E-state index in [9.17, 15) is 0 Å². The van der Waals surface area contributed by atoms with E-state index < -0.39 is 0 Å². The van der Waals surface area contributed by atoms with Crippen molar-refractivity contribution in [2.45, 2.75) is 51.1 Å². The van der Waals surface area contributed by atoms with Crippen molar-refractivity contribution in [3.8, 4) is 5.75 Å². The Morgan fingerprint density at radius 2 is 2.11 bits per heavy atom. The summed E-state index contributed by atoms with van der Waals surface area (Å²) < 4.78 is 5.46. The highest BCUT2D eigenvalue weighted by molar-refractivity contribution is 5.52. The fourth-order valence-corrected chi connectivity index (χ4v) is 2.87. The minimum atomic E-state index is 0.380. The monoisotopic (exact) mass is 263 g/mol. The second kappa shape index (κ2) is 6.75. The average Bonchev–Trinajstić information content (AvgIpc) is 2.46. The van der Waals surface area contributed by atoms with Gasteiger partial charge in [0, 0.05) is 24.8 Å². The third-order valence-corrected chi connectivity index (χ3v) is 3.89. The Morgan fingerprint density at radius 1 is 1.37 bits per heavy atom. The van der Waals surface area contributed by atoms with Crippen LogP contribution in [0.1, 0.15) is 39.0 Å². The summed E-state index contributed by atoms with van der Waals surface area (Å²) in [6.07, 6.45) is 7.49. The van der Waals surface area contributed by atoms with Crippen LogP contribution in [-0.2, 0) is 0 Å². The van der Waals surface area contributed by atoms with Crippen molar-refractivity contribution >= 4 is 5.82 Å². The van der Waals surface area contributed by atoms with Crippen LogP contribution in [-0.4, -0.2) is 30.7 Å². The molecule has 2 N–H and O–H groups in total. The highest BCUT2D eigenvalue weighted by Crippen LogP contribution is 2.31. The van der Waals surface area contributed by atoms with E-state index in [0.29, 0.717) is 12.1 Å². The van der Waals surface area contributed by atoms with E-state index in [1.807, 2.05) is 18.3 Å². The van der Waals surface area contributed by atoms with Crippen LogP contribution in [0, 0.1) is 0 Å². The normalized spacial score (nSPS) is 23.1. The molecule has 0 aromatic carbocycles. The SMILES string of the molecule is CCCN(c1ncccc1OC)C1CCC(N)CC1. The zero-order valence-corrected chi connectivity index (χ0v) is 12.0. The number of rotatable bonds is 5. The van der Waals surface area contributed by atoms with Crippen molar-refractivity contribution in [2.75, 3.05) is 18.6 Å². The number of hydrogen-bond donors (Lipinski definition) is 1. The van der Waals surface area contributed by atoms with Gasteiger partial charge in [-0.2, -0.15) is 0 Å². The van der Waals surface area contributed by atoms with Gasteiger partial charge in [0.2, 0.25) is 0 Å². The second-order valence-electron chi connectivity index (χ2n) is 5.29. The number of nitrogens with two attached hydrogens (primary N) is 1. The molecule has 0 radical (unpaired) electrons. The molecule has 1 heterocycles. The van der Waals surface area contributed by atoms with Crippen molar-refractivity contribution in [2.24, 2.45) is 5.73 Å². The summed E-state index contributed by atoms with van der Waals surface area (Å²) in [5.41, 5.74) is 6.01. The van der Waals surface area contributed by atoms with Crippen LogP contribution in [0.25, 0.3) is 0 Å². The van der Waals surface area contributed by atoms with E-state index in [1.54, 1.807) is 7.11 Å². The number of hydrogen-bond acceptors (Lipinski definition) is 4. The standard InChI is InChI=1S/C15H25N3O/c1-3-11-18(13-8-6-12(16)7-9-13)15-14(19-2)5-4-10-17-15/h4-5,10,12-13H,3,6-9,11,16H2,1-2H3. The lowest BCUT2D eigenvalue weighted by molar-refractivity contribution is 0.366. The molecule has 0 amide bonds. The van der Waals surface area contributed by atoms with Gasteiger partial charge in [-0.15, -0.1) is 0 Å². The van der Waals surface area contributed by atoms with Gasteiger partial charge in [-0.05, 0) is 44.2 Å². The molecule has 4 heteroatoms. The molecule has 1 aliphatic rings. The summed E-state index contributed by atoms with van der Waals surface area (Å²) >= 11 is 0. The Balaban J connectivity index is 2.19. The molecule has 19 heavy (non-hydrogen) atoms. The van der Waals surface area contributed by atoms with Crippen molar-refractivity contribution in [1.29, 1.82) is 0 Å². The van der Waals surface area contributed by atoms with Gasteiger partial charge in [-0.3, -0.25) is 0 Å². The van der Waals surface area contributed by atoms with Crippen LogP contribution in [0.5, 0.6) is 5.75 Å². The topological polar surface area (TPSA) is 51.4 Å². The second-order valence-corrected chi connectivity index (χ2v) is 5.29. The molecule has 1 fully saturated rings. The molecule has 2 rings (SSSR count). The zero-order chi connectivity index (χ0) is 13.7. The Bertz CT molecular complexity index is 389. The average molecular weight is 263 g/mol. The lowest BCUT2D eigenvalue weighted by atomic mass is 9.90. The predicted molar refractivity (Wildman–Crippen MR) is 78.7 cm³/mol. The summed E-state index contributed by atoms with van der Waals surface area (Å²) in [4.78, 5) is 6.94. The van der Waals surface area contributed by atoms with Crippen LogP contribution in [0.3, 0.4) is 0 Å². The Labute approximate surface area is 116 Å². The molecule has 1 aromatic heterocycles. The van der Waals surface area contributed by atoms with E-state index in [1.165, 1.54) is 0 Å². The minimum absolute atomic E-state index is 0.380. The van der Waals surface area contributed by atoms with Crippen LogP contribution in [0.15, 0.2) is 18.3 Å². The fourth-order valence-electron chi connectivity index (χ4n) is 2.87. The lowest BCUT2D eigenvalue weighted by Gasteiger charge is -2.37. The molecular weight excluding hydrogens is 238 g/mol. The van der Waals surface area contributed by atoms with E-state index in [2.05, 4.69) is 16.8 Å². The van der Waals surface area contributed by atoms with Gasteiger partial charge >= 0.3 is 0 Å². The Hall–Kier alpha value is -1.29. The smallest absolute Gasteiger partial charge is 0.171 e. The van der Waals surface area contributed by atoms with Crippen molar-refractivity contribution in [1.82, 2.24) is 4.98 Å². The number of aromatic nitrogens is 1. The van der Waals surface area contributed by atoms with Gasteiger partial charge in [0.1, 0.15) is 0 Å². The first-order valence-electron chi connectivity index (χ1n) is 7.27. The zero-order valence-electron chi connectivity index (χ0n) is 12.0. The fraction of sp³-hybridized carbons (Fsp3) is 0.667. The van der Waals surface area contributed by atoms with Gasteiger partial charge in [0.15, 0.2) is 11.6 Å². The van der Waals surface area contributed by atoms with Crippen molar-refractivity contribution in [3.63, 3.8) is 0 Å². The molecule has 1 aliphatic carbocycles. The molecule has 106 valence electrons. The first kappa shape index (κ1) is 14.1. The molecule has 0 aliphatic heterocycles. The van der Waals surface area contributed by atoms with E-state index in [0.717, 1.165) is 50.2 Å². The van der Waals surface area contributed by atoms with E-state index in [4.69, 9.17) is 10.5 Å². The number of methoxy groups -OCH3 is 1. The summed E-state index contributed by atoms with van der Waals surface area (Å²) in [7, 11) is 1.71. The maximum absolute atomic E-state index is 6.01. The van der Waals surface area contributed by atoms with Crippen molar-refractivity contribution < 1.29 is 4.74 Å². The summed E-state index contributed by atoms with van der Waals surface area (Å²) in [6, 6.07) is 4.83. The largest absolute Gasteiger partial charge is 0.493 e. The molecule has 1 aromatic rings. The number of nitrogens with zero attached hydrogens (tertiary/aromatic N) is 2. The number of ether oxygens (including phenoxy) is 1. The first-order valence-corrected chi connectivity index (χ1v) is 7.27. The molecule has 0 bridgehead atoms. The third-order valence-electron chi connectivity index (χ3n) is 3.89. The van der Waals surface area contributed by atoms with Gasteiger partial charge < -0.3 is 15.4 Å². The van der Waals surface area contributed by atoms with Crippen molar-refractivity contribution in [3.05, 3.63) is 18.3 Å². The minimum Gasteiger partial charge on any atom is -0.493 e. The number of pyridine rings is 1. The van der Waals surface area contributed by atoms with E-state index in [-0.39, 0.29) is 0 Å². The number of anilines is 1. The summed E-state index contributed by atoms with van der Waals surface area (Å²) in [5.74, 6) is 1.85. The molecule has 1 saturated carbocycles. The third kappa shape index (κ3) is 3.38. The lowest BCUT2D eigenvalue weighted by Crippen LogP contribution is -2.42. The molecule has 4 nitrogen and oxygen atoms in total. The van der Waals surface area contributed by atoms with Crippen LogP contribution in [0.2, 0.25) is 0 Å². The highest BCUT2D eigenvalue weighted by Gasteiger charge is 2.26. The van der Waals surface area contributed by atoms with Gasteiger partial charge in [0.25, 0.3) is 0 Å². The first-order chi connectivity index (χ1) is 9.26.